The number of aromatic nitrogens is 5. The lowest BCUT2D eigenvalue weighted by atomic mass is 10.0. The molecule has 39 heavy (non-hydrogen) atoms. The number of para-hydroxylation sites is 1. The molecule has 11 heteroatoms. The summed E-state index contributed by atoms with van der Waals surface area (Å²) in [5.74, 6) is -1.39. The van der Waals surface area contributed by atoms with Crippen molar-refractivity contribution in [2.75, 3.05) is 23.7 Å². The first kappa shape index (κ1) is 25.3. The number of rotatable bonds is 6. The smallest absolute Gasteiger partial charge is 0.353 e. The van der Waals surface area contributed by atoms with Crippen LogP contribution in [0, 0.1) is 0 Å². The normalized spacial score (nSPS) is 18.0. The molecule has 2 N–H and O–H groups in total. The topological polar surface area (TPSA) is 83.8 Å². The van der Waals surface area contributed by atoms with Crippen LogP contribution in [0.5, 0.6) is 0 Å². The van der Waals surface area contributed by atoms with Crippen LogP contribution < -0.4 is 10.6 Å². The van der Waals surface area contributed by atoms with Crippen LogP contribution in [0.1, 0.15) is 42.6 Å². The fourth-order valence-corrected chi connectivity index (χ4v) is 5.41. The maximum absolute atomic E-state index is 13.6. The molecule has 0 bridgehead atoms. The van der Waals surface area contributed by atoms with Crippen LogP contribution in [0.2, 0.25) is 0 Å². The number of halogens is 3. The van der Waals surface area contributed by atoms with Gasteiger partial charge in [0, 0.05) is 17.4 Å². The highest BCUT2D eigenvalue weighted by Gasteiger charge is 2.38. The molecule has 8 nitrogen and oxygen atoms in total. The van der Waals surface area contributed by atoms with Gasteiger partial charge in [0.2, 0.25) is 5.95 Å². The van der Waals surface area contributed by atoms with Crippen molar-refractivity contribution in [3.05, 3.63) is 77.9 Å². The summed E-state index contributed by atoms with van der Waals surface area (Å²) in [5, 5.41) is 9.88. The van der Waals surface area contributed by atoms with Crippen LogP contribution in [-0.2, 0) is 19.0 Å². The summed E-state index contributed by atoms with van der Waals surface area (Å²) in [4.78, 5) is 14.8. The first-order valence-electron chi connectivity index (χ1n) is 13.2. The zero-order chi connectivity index (χ0) is 26.8. The molecule has 6 rings (SSSR count). The van der Waals surface area contributed by atoms with Crippen molar-refractivity contribution in [2.24, 2.45) is 0 Å². The number of anilines is 4. The second kappa shape index (κ2) is 10.6. The number of fused-ring (bicyclic) bond motifs is 1. The fraction of sp³-hybridized carbons (Fsp3) is 0.357. The molecule has 1 atom stereocenters. The van der Waals surface area contributed by atoms with Gasteiger partial charge in [0.05, 0.1) is 18.1 Å². The number of likely N-dealkylation sites (tertiary alicyclic amines) is 1. The second-order valence-corrected chi connectivity index (χ2v) is 10.0. The molecule has 0 radical (unpaired) electrons. The molecule has 2 aliphatic rings. The maximum atomic E-state index is 13.6. The van der Waals surface area contributed by atoms with E-state index < -0.39 is 12.0 Å². The number of nitrogens with zero attached hydrogens (tertiary/aromatic N) is 6. The van der Waals surface area contributed by atoms with Crippen LogP contribution in [0.15, 0.2) is 60.9 Å². The van der Waals surface area contributed by atoms with E-state index in [0.29, 0.717) is 17.4 Å². The van der Waals surface area contributed by atoms with Crippen LogP contribution in [0.4, 0.5) is 36.2 Å². The summed E-state index contributed by atoms with van der Waals surface area (Å²) < 4.78 is 41.7. The van der Waals surface area contributed by atoms with E-state index in [9.17, 15) is 13.2 Å². The number of aryl methyl sites for hydroxylation is 2. The molecular formula is C28H29F3N8. The summed E-state index contributed by atoms with van der Waals surface area (Å²) in [6, 6.07) is 16.0. The van der Waals surface area contributed by atoms with Crippen LogP contribution in [-0.4, -0.2) is 48.8 Å². The van der Waals surface area contributed by atoms with E-state index in [0.717, 1.165) is 36.1 Å². The standard InChI is InChI=1S/C28H29F3N8/c29-28(30,31)25-36-27(39(37-25)26-32-17-23(18-33-26)34-21-6-2-1-3-7-21)35-22-11-8-19-9-12-24(13-10-20(19)16-22)38-14-4-5-15-38/h1-3,6-8,11,16-18,24,34H,4-5,9-10,12-15H2,(H,35,36,37). The summed E-state index contributed by atoms with van der Waals surface area (Å²) >= 11 is 0. The van der Waals surface area contributed by atoms with E-state index in [2.05, 4.69) is 41.7 Å². The lowest BCUT2D eigenvalue weighted by molar-refractivity contribution is -0.144. The van der Waals surface area contributed by atoms with Gasteiger partial charge in [-0.05, 0) is 87.0 Å². The van der Waals surface area contributed by atoms with Crippen molar-refractivity contribution in [3.8, 4) is 5.95 Å². The summed E-state index contributed by atoms with van der Waals surface area (Å²) in [5.41, 5.74) is 4.60. The monoisotopic (exact) mass is 534 g/mol. The number of hydrogen-bond acceptors (Lipinski definition) is 7. The Kier molecular flexibility index (Phi) is 6.90. The van der Waals surface area contributed by atoms with E-state index in [4.69, 9.17) is 0 Å². The highest BCUT2D eigenvalue weighted by Crippen LogP contribution is 2.31. The van der Waals surface area contributed by atoms with Crippen molar-refractivity contribution >= 4 is 23.0 Å². The Morgan fingerprint density at radius 2 is 1.51 bits per heavy atom. The van der Waals surface area contributed by atoms with E-state index >= 15 is 0 Å². The molecule has 1 unspecified atom stereocenters. The molecule has 202 valence electrons. The van der Waals surface area contributed by atoms with E-state index in [1.54, 1.807) is 0 Å². The predicted octanol–water partition coefficient (Wildman–Crippen LogP) is 5.91. The zero-order valence-electron chi connectivity index (χ0n) is 21.3. The Hall–Kier alpha value is -3.99. The molecule has 3 heterocycles. The first-order chi connectivity index (χ1) is 18.9. The van der Waals surface area contributed by atoms with Crippen LogP contribution in [0.25, 0.3) is 5.95 Å². The Bertz CT molecular complexity index is 1410. The van der Waals surface area contributed by atoms with Crippen molar-refractivity contribution < 1.29 is 13.2 Å². The summed E-state index contributed by atoms with van der Waals surface area (Å²) in [6.07, 6.45) is 4.98. The SMILES string of the molecule is FC(F)(F)c1nc(Nc2ccc3c(c2)CCC(N2CCCC2)CC3)n(-c2ncc(Nc3ccccc3)cn2)n1. The van der Waals surface area contributed by atoms with Crippen LogP contribution >= 0.6 is 0 Å². The van der Waals surface area contributed by atoms with E-state index in [1.807, 2.05) is 42.5 Å². The molecule has 1 saturated heterocycles. The quantitative estimate of drug-likeness (QED) is 0.298. The molecule has 2 aromatic carbocycles. The average molecular weight is 535 g/mol. The van der Waals surface area contributed by atoms with Gasteiger partial charge in [0.25, 0.3) is 11.8 Å². The minimum Gasteiger partial charge on any atom is -0.353 e. The average Bonchev–Trinajstić information content (AvgIpc) is 3.57. The third-order valence-electron chi connectivity index (χ3n) is 7.36. The van der Waals surface area contributed by atoms with Gasteiger partial charge < -0.3 is 15.5 Å². The third-order valence-corrected chi connectivity index (χ3v) is 7.36. The minimum absolute atomic E-state index is 0.0256. The Morgan fingerprint density at radius 3 is 2.23 bits per heavy atom. The van der Waals surface area contributed by atoms with Crippen molar-refractivity contribution in [1.82, 2.24) is 29.6 Å². The molecule has 4 aromatic rings. The van der Waals surface area contributed by atoms with E-state index in [1.165, 1.54) is 49.5 Å². The van der Waals surface area contributed by atoms with E-state index in [-0.39, 0.29) is 11.9 Å². The van der Waals surface area contributed by atoms with Gasteiger partial charge in [-0.1, -0.05) is 24.3 Å². The van der Waals surface area contributed by atoms with Gasteiger partial charge >= 0.3 is 6.18 Å². The van der Waals surface area contributed by atoms with Crippen molar-refractivity contribution in [2.45, 2.75) is 50.7 Å². The molecule has 1 fully saturated rings. The number of benzene rings is 2. The van der Waals surface area contributed by atoms with Crippen LogP contribution in [0.3, 0.4) is 0 Å². The predicted molar refractivity (Wildman–Crippen MR) is 143 cm³/mol. The maximum Gasteiger partial charge on any atom is 0.453 e. The summed E-state index contributed by atoms with van der Waals surface area (Å²) in [7, 11) is 0. The molecule has 0 spiro atoms. The number of nitrogens with one attached hydrogen (secondary N) is 2. The van der Waals surface area contributed by atoms with Crippen molar-refractivity contribution in [1.29, 1.82) is 0 Å². The summed E-state index contributed by atoms with van der Waals surface area (Å²) in [6.45, 7) is 2.35. The fourth-order valence-electron chi connectivity index (χ4n) is 5.41. The van der Waals surface area contributed by atoms with Crippen molar-refractivity contribution in [3.63, 3.8) is 0 Å². The largest absolute Gasteiger partial charge is 0.453 e. The molecular weight excluding hydrogens is 505 g/mol. The van der Waals surface area contributed by atoms with Gasteiger partial charge in [-0.25, -0.2) is 9.97 Å². The Labute approximate surface area is 224 Å². The third kappa shape index (κ3) is 5.73. The zero-order valence-corrected chi connectivity index (χ0v) is 21.3. The lowest BCUT2D eigenvalue weighted by Crippen LogP contribution is -2.32. The van der Waals surface area contributed by atoms with Gasteiger partial charge in [-0.15, -0.1) is 5.10 Å². The second-order valence-electron chi connectivity index (χ2n) is 10.0. The molecule has 0 amide bonds. The Morgan fingerprint density at radius 1 is 0.795 bits per heavy atom. The number of hydrogen-bond donors (Lipinski definition) is 2. The molecule has 2 aromatic heterocycles. The first-order valence-corrected chi connectivity index (χ1v) is 13.2. The van der Waals surface area contributed by atoms with Gasteiger partial charge in [-0.2, -0.15) is 22.8 Å². The van der Waals surface area contributed by atoms with Gasteiger partial charge in [-0.3, -0.25) is 0 Å². The van der Waals surface area contributed by atoms with Gasteiger partial charge in [0.1, 0.15) is 0 Å². The highest BCUT2D eigenvalue weighted by atomic mass is 19.4. The molecule has 1 aliphatic carbocycles. The molecule has 0 saturated carbocycles. The highest BCUT2D eigenvalue weighted by molar-refractivity contribution is 5.59. The number of alkyl halides is 3. The lowest BCUT2D eigenvalue weighted by Gasteiger charge is -2.25. The minimum atomic E-state index is -4.71. The Balaban J connectivity index is 1.23. The molecule has 1 aliphatic heterocycles. The van der Waals surface area contributed by atoms with Gasteiger partial charge in [0.15, 0.2) is 0 Å².